The van der Waals surface area contributed by atoms with Crippen LogP contribution in [0.15, 0.2) is 22.7 Å². The predicted molar refractivity (Wildman–Crippen MR) is 90.1 cm³/mol. The van der Waals surface area contributed by atoms with Crippen LogP contribution in [0.2, 0.25) is 0 Å². The van der Waals surface area contributed by atoms with Crippen LogP contribution in [0, 0.1) is 0 Å². The molecule has 130 valence electrons. The van der Waals surface area contributed by atoms with E-state index >= 15 is 0 Å². The van der Waals surface area contributed by atoms with E-state index in [-0.39, 0.29) is 12.2 Å². The van der Waals surface area contributed by atoms with E-state index in [1.54, 1.807) is 0 Å². The maximum atomic E-state index is 12.0. The maximum absolute atomic E-state index is 12.0. The molecule has 0 N–H and O–H groups in total. The van der Waals surface area contributed by atoms with Gasteiger partial charge in [-0.1, -0.05) is 0 Å². The molecule has 0 aromatic heterocycles. The number of allylic oxidation sites excluding steroid dienone is 2. The molecule has 0 aliphatic heterocycles. The summed E-state index contributed by atoms with van der Waals surface area (Å²) in [5, 5.41) is 0. The van der Waals surface area contributed by atoms with Gasteiger partial charge in [0.15, 0.2) is 0 Å². The zero-order valence-electron chi connectivity index (χ0n) is 15.1. The van der Waals surface area contributed by atoms with Gasteiger partial charge in [0.25, 0.3) is 0 Å². The second-order valence-electron chi connectivity index (χ2n) is 5.11. The Kier molecular flexibility index (Phi) is 10.5. The molecule has 0 aromatic rings. The molecule has 0 rings (SSSR count). The maximum Gasteiger partial charge on any atom is 0.320 e. The van der Waals surface area contributed by atoms with Crippen molar-refractivity contribution >= 4 is 8.25 Å². The molecule has 2 atom stereocenters. The van der Waals surface area contributed by atoms with Crippen LogP contribution in [-0.2, 0) is 23.1 Å². The second-order valence-corrected chi connectivity index (χ2v) is 6.09. The normalized spacial score (nSPS) is 18.0. The van der Waals surface area contributed by atoms with Crippen molar-refractivity contribution in [1.29, 1.82) is 0 Å². The molecule has 0 spiro atoms. The molecule has 0 saturated carbocycles. The fourth-order valence-electron chi connectivity index (χ4n) is 1.73. The molecule has 2 unspecified atom stereocenters. The van der Waals surface area contributed by atoms with Crippen LogP contribution in [0.5, 0.6) is 0 Å². The van der Waals surface area contributed by atoms with E-state index in [2.05, 4.69) is 0 Å². The first-order chi connectivity index (χ1) is 10.2. The zero-order valence-corrected chi connectivity index (χ0v) is 16.1. The third-order valence-electron chi connectivity index (χ3n) is 3.60. The minimum absolute atomic E-state index is 0.317. The summed E-state index contributed by atoms with van der Waals surface area (Å²) in [4.78, 5) is 0. The Morgan fingerprint density at radius 2 is 1.14 bits per heavy atom. The van der Waals surface area contributed by atoms with E-state index < -0.39 is 8.25 Å². The van der Waals surface area contributed by atoms with Gasteiger partial charge in [-0.3, -0.25) is 4.57 Å². The van der Waals surface area contributed by atoms with Crippen molar-refractivity contribution < 1.29 is 23.1 Å². The van der Waals surface area contributed by atoms with E-state index in [0.29, 0.717) is 13.2 Å². The van der Waals surface area contributed by atoms with Gasteiger partial charge in [-0.25, -0.2) is 0 Å². The van der Waals surface area contributed by atoms with Gasteiger partial charge in [0.2, 0.25) is 0 Å². The van der Waals surface area contributed by atoms with Crippen LogP contribution in [0.3, 0.4) is 0 Å². The van der Waals surface area contributed by atoms with Crippen LogP contribution < -0.4 is 0 Å². The van der Waals surface area contributed by atoms with Gasteiger partial charge in [0, 0.05) is 0 Å². The van der Waals surface area contributed by atoms with Crippen LogP contribution in [0.4, 0.5) is 0 Å². The molecule has 5 nitrogen and oxygen atoms in total. The van der Waals surface area contributed by atoms with Crippen molar-refractivity contribution in [1.82, 2.24) is 0 Å². The summed E-state index contributed by atoms with van der Waals surface area (Å²) >= 11 is 0. The van der Waals surface area contributed by atoms with Crippen molar-refractivity contribution in [2.24, 2.45) is 0 Å². The Hall–Kier alpha value is -0.770. The molecule has 0 radical (unpaired) electrons. The smallest absolute Gasteiger partial charge is 0.320 e. The second kappa shape index (κ2) is 10.9. The highest BCUT2D eigenvalue weighted by Gasteiger charge is 2.17. The van der Waals surface area contributed by atoms with Crippen LogP contribution in [-0.4, -0.2) is 25.4 Å². The van der Waals surface area contributed by atoms with Crippen LogP contribution >= 0.6 is 8.25 Å². The van der Waals surface area contributed by atoms with E-state index in [0.717, 1.165) is 22.7 Å². The molecule has 0 aliphatic rings. The highest BCUT2D eigenvalue weighted by atomic mass is 31.1. The van der Waals surface area contributed by atoms with Crippen molar-refractivity contribution in [3.63, 3.8) is 0 Å². The summed E-state index contributed by atoms with van der Waals surface area (Å²) in [6, 6.07) is 0. The lowest BCUT2D eigenvalue weighted by Gasteiger charge is -2.19. The lowest BCUT2D eigenvalue weighted by atomic mass is 10.2. The SMILES string of the molecule is CCOC(C)=C(C)C(C)O[PH](=O)OC(C)C(C)=C(C)OCC. The molecule has 0 bridgehead atoms. The molecular weight excluding hydrogens is 303 g/mol. The summed E-state index contributed by atoms with van der Waals surface area (Å²) in [5.74, 6) is 1.59. The predicted octanol–water partition coefficient (Wildman–Crippen LogP) is 4.85. The topological polar surface area (TPSA) is 54.0 Å². The van der Waals surface area contributed by atoms with E-state index in [9.17, 15) is 4.57 Å². The van der Waals surface area contributed by atoms with Crippen LogP contribution in [0.25, 0.3) is 0 Å². The van der Waals surface area contributed by atoms with Gasteiger partial charge >= 0.3 is 8.25 Å². The Balaban J connectivity index is 4.63. The highest BCUT2D eigenvalue weighted by molar-refractivity contribution is 7.33. The average molecular weight is 334 g/mol. The number of hydrogen-bond acceptors (Lipinski definition) is 5. The van der Waals surface area contributed by atoms with Gasteiger partial charge in [0.1, 0.15) is 0 Å². The summed E-state index contributed by atoms with van der Waals surface area (Å²) < 4.78 is 33.8. The molecule has 0 heterocycles. The van der Waals surface area contributed by atoms with Crippen LogP contribution in [0.1, 0.15) is 55.4 Å². The quantitative estimate of drug-likeness (QED) is 0.422. The molecule has 0 saturated heterocycles. The minimum Gasteiger partial charge on any atom is -0.498 e. The molecule has 0 fully saturated rings. The fourth-order valence-corrected chi connectivity index (χ4v) is 2.71. The van der Waals surface area contributed by atoms with Gasteiger partial charge in [0.05, 0.1) is 36.9 Å². The number of ether oxygens (including phenoxy) is 2. The summed E-state index contributed by atoms with van der Waals surface area (Å²) in [5.41, 5.74) is 1.82. The van der Waals surface area contributed by atoms with E-state index in [1.165, 1.54) is 0 Å². The lowest BCUT2D eigenvalue weighted by Crippen LogP contribution is -2.12. The molecule has 0 aromatic carbocycles. The monoisotopic (exact) mass is 334 g/mol. The van der Waals surface area contributed by atoms with Crippen molar-refractivity contribution in [3.05, 3.63) is 22.7 Å². The van der Waals surface area contributed by atoms with Gasteiger partial charge < -0.3 is 18.5 Å². The summed E-state index contributed by atoms with van der Waals surface area (Å²) in [6.45, 7) is 16.3. The first-order valence-corrected chi connectivity index (χ1v) is 8.94. The lowest BCUT2D eigenvalue weighted by molar-refractivity contribution is 0.159. The summed E-state index contributed by atoms with van der Waals surface area (Å²) in [6.07, 6.45) is -0.634. The van der Waals surface area contributed by atoms with Gasteiger partial charge in [-0.05, 0) is 66.5 Å². The molecular formula is C16H31O5P. The molecule has 0 amide bonds. The standard InChI is InChI=1S/C16H31O5P/c1-9-18-13(5)11(3)15(7)20-22(17)21-16(8)12(4)14(6)19-10-2/h15-16,22H,9-10H2,1-8H3. The van der Waals surface area contributed by atoms with Crippen molar-refractivity contribution in [2.45, 2.75) is 67.6 Å². The Morgan fingerprint density at radius 3 is 1.41 bits per heavy atom. The van der Waals surface area contributed by atoms with Gasteiger partial charge in [-0.15, -0.1) is 0 Å². The molecule has 0 aliphatic carbocycles. The average Bonchev–Trinajstić information content (AvgIpc) is 2.45. The highest BCUT2D eigenvalue weighted by Crippen LogP contribution is 2.33. The zero-order chi connectivity index (χ0) is 17.3. The summed E-state index contributed by atoms with van der Waals surface area (Å²) in [7, 11) is -2.60. The third kappa shape index (κ3) is 7.48. The Bertz CT molecular complexity index is 390. The van der Waals surface area contributed by atoms with E-state index in [1.807, 2.05) is 55.4 Å². The van der Waals surface area contributed by atoms with Gasteiger partial charge in [-0.2, -0.15) is 0 Å². The fraction of sp³-hybridized carbons (Fsp3) is 0.750. The molecule has 6 heteroatoms. The minimum atomic E-state index is -2.60. The van der Waals surface area contributed by atoms with Crippen molar-refractivity contribution in [3.8, 4) is 0 Å². The van der Waals surface area contributed by atoms with E-state index in [4.69, 9.17) is 18.5 Å². The number of hydrogen-bond donors (Lipinski definition) is 0. The Morgan fingerprint density at radius 1 is 0.818 bits per heavy atom. The largest absolute Gasteiger partial charge is 0.498 e. The first-order valence-electron chi connectivity index (χ1n) is 7.72. The Labute approximate surface area is 135 Å². The third-order valence-corrected chi connectivity index (χ3v) is 4.69. The van der Waals surface area contributed by atoms with Crippen molar-refractivity contribution in [2.75, 3.05) is 13.2 Å². The first kappa shape index (κ1) is 21.2. The molecule has 22 heavy (non-hydrogen) atoms. The number of rotatable bonds is 10.